The van der Waals surface area contributed by atoms with Gasteiger partial charge in [-0.15, -0.1) is 0 Å². The number of hydrogen-bond donors (Lipinski definition) is 0. The molecule has 2 aromatic carbocycles. The molecule has 0 radical (unpaired) electrons. The van der Waals surface area contributed by atoms with Crippen LogP contribution in [0.1, 0.15) is 24.2 Å². The predicted octanol–water partition coefficient (Wildman–Crippen LogP) is 4.04. The summed E-state index contributed by atoms with van der Waals surface area (Å²) >= 11 is 0. The number of carbonyl (C=O) groups is 1. The van der Waals surface area contributed by atoms with Gasteiger partial charge in [0.1, 0.15) is 17.2 Å². The fraction of sp³-hybridized carbons (Fsp3) is 0.273. The maximum Gasteiger partial charge on any atom is 0.257 e. The molecular weight excluding hydrogens is 354 g/mol. The number of benzene rings is 2. The molecule has 0 atom stereocenters. The van der Waals surface area contributed by atoms with E-state index in [0.717, 1.165) is 5.69 Å². The van der Waals surface area contributed by atoms with Gasteiger partial charge in [-0.05, 0) is 44.2 Å². The highest BCUT2D eigenvalue weighted by Crippen LogP contribution is 2.35. The van der Waals surface area contributed by atoms with E-state index >= 15 is 0 Å². The van der Waals surface area contributed by atoms with Crippen LogP contribution < -0.4 is 9.47 Å². The largest absolute Gasteiger partial charge is 0.497 e. The van der Waals surface area contributed by atoms with Crippen molar-refractivity contribution in [1.29, 1.82) is 0 Å². The van der Waals surface area contributed by atoms with E-state index in [4.69, 9.17) is 14.6 Å². The minimum atomic E-state index is -0.0629. The summed E-state index contributed by atoms with van der Waals surface area (Å²) in [6.07, 6.45) is 1.78. The Balaban J connectivity index is 2.22. The monoisotopic (exact) mass is 379 g/mol. The molecule has 1 aromatic heterocycles. The number of methoxy groups -OCH3 is 2. The number of amides is 1. The maximum absolute atomic E-state index is 13.2. The number of nitrogens with zero attached hydrogens (tertiary/aromatic N) is 3. The normalized spacial score (nSPS) is 10.6. The van der Waals surface area contributed by atoms with Gasteiger partial charge in [-0.3, -0.25) is 4.79 Å². The Labute approximate surface area is 165 Å². The molecule has 0 spiro atoms. The van der Waals surface area contributed by atoms with Crippen LogP contribution in [0.15, 0.2) is 54.7 Å². The van der Waals surface area contributed by atoms with E-state index < -0.39 is 0 Å². The van der Waals surface area contributed by atoms with E-state index in [1.807, 2.05) is 62.4 Å². The Morgan fingerprint density at radius 3 is 2.36 bits per heavy atom. The standard InChI is InChI=1S/C22H25N3O3/c1-5-24(6-2)22(26)19-15-25(16-10-8-7-9-11-16)23-21(19)18-14-17(27-3)12-13-20(18)28-4/h7-15H,5-6H2,1-4H3. The number of carbonyl (C=O) groups excluding carboxylic acids is 1. The summed E-state index contributed by atoms with van der Waals surface area (Å²) in [6.45, 7) is 5.19. The molecule has 0 saturated carbocycles. The first-order valence-electron chi connectivity index (χ1n) is 9.29. The van der Waals surface area contributed by atoms with Gasteiger partial charge in [-0.1, -0.05) is 18.2 Å². The molecular formula is C22H25N3O3. The third-order valence-electron chi connectivity index (χ3n) is 4.68. The number of aromatic nitrogens is 2. The molecule has 0 N–H and O–H groups in total. The molecule has 1 amide bonds. The maximum atomic E-state index is 13.2. The van der Waals surface area contributed by atoms with Gasteiger partial charge >= 0.3 is 0 Å². The van der Waals surface area contributed by atoms with Crippen molar-refractivity contribution >= 4 is 5.91 Å². The molecule has 0 fully saturated rings. The summed E-state index contributed by atoms with van der Waals surface area (Å²) in [5, 5.41) is 4.74. The third kappa shape index (κ3) is 3.71. The predicted molar refractivity (Wildman–Crippen MR) is 109 cm³/mol. The minimum absolute atomic E-state index is 0.0629. The van der Waals surface area contributed by atoms with Crippen LogP contribution in [0, 0.1) is 0 Å². The summed E-state index contributed by atoms with van der Waals surface area (Å²) in [4.78, 5) is 15.0. The van der Waals surface area contributed by atoms with E-state index in [1.54, 1.807) is 30.0 Å². The molecule has 28 heavy (non-hydrogen) atoms. The first kappa shape index (κ1) is 19.5. The van der Waals surface area contributed by atoms with Crippen molar-refractivity contribution < 1.29 is 14.3 Å². The Bertz CT molecular complexity index is 947. The van der Waals surface area contributed by atoms with Crippen LogP contribution >= 0.6 is 0 Å². The molecule has 0 aliphatic heterocycles. The van der Waals surface area contributed by atoms with Crippen LogP contribution in [0.5, 0.6) is 11.5 Å². The van der Waals surface area contributed by atoms with Gasteiger partial charge in [0.2, 0.25) is 0 Å². The van der Waals surface area contributed by atoms with Crippen LogP contribution in [-0.2, 0) is 0 Å². The number of rotatable bonds is 7. The molecule has 146 valence electrons. The molecule has 3 aromatic rings. The highest BCUT2D eigenvalue weighted by atomic mass is 16.5. The van der Waals surface area contributed by atoms with Crippen LogP contribution in [-0.4, -0.2) is 47.9 Å². The molecule has 3 rings (SSSR count). The zero-order valence-electron chi connectivity index (χ0n) is 16.7. The molecule has 0 aliphatic rings. The number of ether oxygens (including phenoxy) is 2. The average Bonchev–Trinajstić information content (AvgIpc) is 3.20. The summed E-state index contributed by atoms with van der Waals surface area (Å²) in [5.74, 6) is 1.24. The van der Waals surface area contributed by atoms with Crippen LogP contribution in [0.4, 0.5) is 0 Å². The lowest BCUT2D eigenvalue weighted by Gasteiger charge is -2.18. The fourth-order valence-electron chi connectivity index (χ4n) is 3.12. The van der Waals surface area contributed by atoms with Crippen LogP contribution in [0.25, 0.3) is 16.9 Å². The molecule has 0 saturated heterocycles. The SMILES string of the molecule is CCN(CC)C(=O)c1cn(-c2ccccc2)nc1-c1cc(OC)ccc1OC. The lowest BCUT2D eigenvalue weighted by molar-refractivity contribution is 0.0773. The molecule has 1 heterocycles. The van der Waals surface area contributed by atoms with Crippen LogP contribution in [0.2, 0.25) is 0 Å². The third-order valence-corrected chi connectivity index (χ3v) is 4.68. The Kier molecular flexibility index (Phi) is 5.99. The summed E-state index contributed by atoms with van der Waals surface area (Å²) in [6, 6.07) is 15.2. The number of para-hydroxylation sites is 1. The van der Waals surface area contributed by atoms with Crippen LogP contribution in [0.3, 0.4) is 0 Å². The van der Waals surface area contributed by atoms with Crippen molar-refractivity contribution in [3.05, 3.63) is 60.3 Å². The van der Waals surface area contributed by atoms with Gasteiger partial charge in [0, 0.05) is 24.8 Å². The lowest BCUT2D eigenvalue weighted by atomic mass is 10.1. The summed E-state index contributed by atoms with van der Waals surface area (Å²) in [7, 11) is 3.21. The second-order valence-corrected chi connectivity index (χ2v) is 6.22. The van der Waals surface area contributed by atoms with E-state index in [0.29, 0.717) is 41.4 Å². The minimum Gasteiger partial charge on any atom is -0.497 e. The quantitative estimate of drug-likeness (QED) is 0.622. The van der Waals surface area contributed by atoms with Crippen molar-refractivity contribution in [2.75, 3.05) is 27.3 Å². The second-order valence-electron chi connectivity index (χ2n) is 6.22. The Morgan fingerprint density at radius 1 is 1.04 bits per heavy atom. The fourth-order valence-corrected chi connectivity index (χ4v) is 3.12. The average molecular weight is 379 g/mol. The first-order valence-corrected chi connectivity index (χ1v) is 9.29. The molecule has 0 unspecified atom stereocenters. The topological polar surface area (TPSA) is 56.6 Å². The highest BCUT2D eigenvalue weighted by molar-refractivity contribution is 6.00. The van der Waals surface area contributed by atoms with Crippen molar-refractivity contribution in [2.24, 2.45) is 0 Å². The second kappa shape index (κ2) is 8.61. The molecule has 6 heteroatoms. The van der Waals surface area contributed by atoms with Crippen molar-refractivity contribution in [1.82, 2.24) is 14.7 Å². The van der Waals surface area contributed by atoms with Gasteiger partial charge in [-0.2, -0.15) is 5.10 Å². The van der Waals surface area contributed by atoms with E-state index in [9.17, 15) is 4.79 Å². The molecule has 6 nitrogen and oxygen atoms in total. The van der Waals surface area contributed by atoms with E-state index in [-0.39, 0.29) is 5.91 Å². The summed E-state index contributed by atoms with van der Waals surface area (Å²) < 4.78 is 12.6. The van der Waals surface area contributed by atoms with Crippen molar-refractivity contribution in [2.45, 2.75) is 13.8 Å². The lowest BCUT2D eigenvalue weighted by Crippen LogP contribution is -2.30. The zero-order chi connectivity index (χ0) is 20.1. The van der Waals surface area contributed by atoms with Gasteiger partial charge in [0.25, 0.3) is 5.91 Å². The first-order chi connectivity index (χ1) is 13.6. The Morgan fingerprint density at radius 2 is 1.75 bits per heavy atom. The zero-order valence-corrected chi connectivity index (χ0v) is 16.7. The highest BCUT2D eigenvalue weighted by Gasteiger charge is 2.24. The Hall–Kier alpha value is -3.28. The van der Waals surface area contributed by atoms with Crippen molar-refractivity contribution in [3.63, 3.8) is 0 Å². The molecule has 0 aliphatic carbocycles. The number of hydrogen-bond acceptors (Lipinski definition) is 4. The van der Waals surface area contributed by atoms with Gasteiger partial charge in [0.15, 0.2) is 0 Å². The van der Waals surface area contributed by atoms with E-state index in [2.05, 4.69) is 0 Å². The van der Waals surface area contributed by atoms with Crippen molar-refractivity contribution in [3.8, 4) is 28.4 Å². The van der Waals surface area contributed by atoms with Gasteiger partial charge in [-0.25, -0.2) is 4.68 Å². The smallest absolute Gasteiger partial charge is 0.257 e. The van der Waals surface area contributed by atoms with Gasteiger partial charge in [0.05, 0.1) is 25.5 Å². The molecule has 0 bridgehead atoms. The van der Waals surface area contributed by atoms with E-state index in [1.165, 1.54) is 0 Å². The summed E-state index contributed by atoms with van der Waals surface area (Å²) in [5.41, 5.74) is 2.69. The van der Waals surface area contributed by atoms with Gasteiger partial charge < -0.3 is 14.4 Å².